The molecule has 0 atom stereocenters. The summed E-state index contributed by atoms with van der Waals surface area (Å²) in [5, 5.41) is 0. The first-order valence-corrected chi connectivity index (χ1v) is 18.9. The van der Waals surface area contributed by atoms with Gasteiger partial charge in [0.15, 0.2) is 0 Å². The Morgan fingerprint density at radius 1 is 0.345 bits per heavy atom. The molecular weight excluding hydrogens is 669 g/mol. The number of hydrogen-bond donors (Lipinski definition) is 0. The molecule has 0 bridgehead atoms. The average Bonchev–Trinajstić information content (AvgIpc) is 3.56. The fraction of sp³-hybridized carbons (Fsp3) is 0.0385. The van der Waals surface area contributed by atoms with E-state index in [4.69, 9.17) is 9.72 Å². The second-order valence-electron chi connectivity index (χ2n) is 14.8. The summed E-state index contributed by atoms with van der Waals surface area (Å²) in [5.74, 6) is 1.76. The van der Waals surface area contributed by atoms with E-state index in [2.05, 4.69) is 169 Å². The molecule has 1 aliphatic heterocycles. The smallest absolute Gasteiger partial charge is 0.132 e. The van der Waals surface area contributed by atoms with Crippen molar-refractivity contribution in [2.45, 2.75) is 10.8 Å². The lowest BCUT2D eigenvalue weighted by Gasteiger charge is -2.51. The van der Waals surface area contributed by atoms with E-state index in [1.54, 1.807) is 0 Å². The second-order valence-corrected chi connectivity index (χ2v) is 14.8. The normalized spacial score (nSPS) is 14.6. The number of para-hydroxylation sites is 3. The maximum atomic E-state index is 6.85. The Bertz CT molecular complexity index is 2940. The molecule has 3 heteroatoms. The Hall–Kier alpha value is -7.10. The number of ether oxygens (including phenoxy) is 1. The number of rotatable bonds is 2. The summed E-state index contributed by atoms with van der Waals surface area (Å²) < 4.78 is 6.85. The van der Waals surface area contributed by atoms with Gasteiger partial charge in [-0.25, -0.2) is 4.98 Å². The van der Waals surface area contributed by atoms with E-state index in [0.717, 1.165) is 56.0 Å². The Kier molecular flexibility index (Phi) is 6.19. The zero-order valence-electron chi connectivity index (χ0n) is 29.8. The number of fused-ring (bicyclic) bond motifs is 16. The average molecular weight is 701 g/mol. The number of benzene rings is 8. The molecule has 0 fully saturated rings. The lowest BCUT2D eigenvalue weighted by Crippen LogP contribution is -2.45. The molecule has 0 amide bonds. The first-order valence-electron chi connectivity index (χ1n) is 18.9. The van der Waals surface area contributed by atoms with Crippen LogP contribution in [0.3, 0.4) is 0 Å². The van der Waals surface area contributed by atoms with E-state index in [1.165, 1.54) is 44.5 Å². The fourth-order valence-corrected chi connectivity index (χ4v) is 10.1. The minimum atomic E-state index is -0.647. The highest BCUT2D eigenvalue weighted by atomic mass is 16.5. The van der Waals surface area contributed by atoms with Gasteiger partial charge in [0.25, 0.3) is 0 Å². The van der Waals surface area contributed by atoms with E-state index in [-0.39, 0.29) is 0 Å². The highest BCUT2D eigenvalue weighted by Crippen LogP contribution is 2.67. The zero-order valence-corrected chi connectivity index (χ0v) is 29.8. The summed E-state index contributed by atoms with van der Waals surface area (Å²) in [7, 11) is 0. The van der Waals surface area contributed by atoms with Gasteiger partial charge in [-0.15, -0.1) is 0 Å². The van der Waals surface area contributed by atoms with Gasteiger partial charge in [-0.2, -0.15) is 0 Å². The molecule has 8 aromatic carbocycles. The summed E-state index contributed by atoms with van der Waals surface area (Å²) in [6.45, 7) is 0. The molecule has 3 nitrogen and oxygen atoms in total. The third-order valence-electron chi connectivity index (χ3n) is 12.3. The van der Waals surface area contributed by atoms with Crippen LogP contribution in [-0.4, -0.2) is 9.97 Å². The topological polar surface area (TPSA) is 35.0 Å². The molecule has 0 unspecified atom stereocenters. The highest BCUT2D eigenvalue weighted by molar-refractivity contribution is 5.90. The van der Waals surface area contributed by atoms with Gasteiger partial charge in [0.05, 0.1) is 33.8 Å². The maximum Gasteiger partial charge on any atom is 0.132 e. The van der Waals surface area contributed by atoms with E-state index < -0.39 is 10.8 Å². The molecule has 55 heavy (non-hydrogen) atoms. The zero-order chi connectivity index (χ0) is 36.1. The van der Waals surface area contributed by atoms with Crippen molar-refractivity contribution in [3.8, 4) is 45.0 Å². The molecule has 0 saturated carbocycles. The third kappa shape index (κ3) is 3.94. The monoisotopic (exact) mass is 700 g/mol. The van der Waals surface area contributed by atoms with Crippen molar-refractivity contribution in [2.24, 2.45) is 0 Å². The Morgan fingerprint density at radius 2 is 0.800 bits per heavy atom. The largest absolute Gasteiger partial charge is 0.457 e. The minimum absolute atomic E-state index is 0.488. The molecule has 3 aliphatic rings. The van der Waals surface area contributed by atoms with Crippen LogP contribution in [0.1, 0.15) is 44.5 Å². The first-order chi connectivity index (χ1) is 27.3. The lowest BCUT2D eigenvalue weighted by molar-refractivity contribution is 0.429. The van der Waals surface area contributed by atoms with Crippen molar-refractivity contribution in [3.05, 3.63) is 239 Å². The number of hydrogen-bond acceptors (Lipinski definition) is 3. The van der Waals surface area contributed by atoms with Crippen LogP contribution in [0.5, 0.6) is 11.5 Å². The van der Waals surface area contributed by atoms with Crippen molar-refractivity contribution in [1.29, 1.82) is 0 Å². The first kappa shape index (κ1) is 30.4. The Balaban J connectivity index is 1.11. The Morgan fingerprint density at radius 3 is 1.44 bits per heavy atom. The van der Waals surface area contributed by atoms with Crippen LogP contribution in [0.15, 0.2) is 194 Å². The van der Waals surface area contributed by atoms with Crippen LogP contribution in [0.2, 0.25) is 0 Å². The van der Waals surface area contributed by atoms with Crippen LogP contribution in [0.25, 0.3) is 44.5 Å². The molecule has 0 N–H and O–H groups in total. The summed E-state index contributed by atoms with van der Waals surface area (Å²) in [6.07, 6.45) is 1.86. The van der Waals surface area contributed by atoms with Crippen LogP contribution in [0.4, 0.5) is 0 Å². The molecular formula is C52H32N2O. The molecule has 256 valence electrons. The van der Waals surface area contributed by atoms with Gasteiger partial charge in [-0.3, -0.25) is 4.98 Å². The van der Waals surface area contributed by atoms with Gasteiger partial charge in [0.1, 0.15) is 11.5 Å². The van der Waals surface area contributed by atoms with Crippen molar-refractivity contribution in [1.82, 2.24) is 9.97 Å². The summed E-state index contributed by atoms with van der Waals surface area (Å²) in [5.41, 5.74) is 17.5. The van der Waals surface area contributed by atoms with Gasteiger partial charge in [-0.1, -0.05) is 158 Å². The van der Waals surface area contributed by atoms with Crippen LogP contribution in [0, 0.1) is 0 Å². The van der Waals surface area contributed by atoms with Gasteiger partial charge in [0.2, 0.25) is 0 Å². The van der Waals surface area contributed by atoms with Gasteiger partial charge in [-0.05, 0) is 86.0 Å². The fourth-order valence-electron chi connectivity index (χ4n) is 10.1. The molecule has 0 radical (unpaired) electrons. The van der Waals surface area contributed by atoms with Crippen LogP contribution < -0.4 is 4.74 Å². The van der Waals surface area contributed by atoms with Crippen LogP contribution in [-0.2, 0) is 10.8 Å². The van der Waals surface area contributed by atoms with Gasteiger partial charge >= 0.3 is 0 Å². The lowest BCUT2D eigenvalue weighted by atomic mass is 9.51. The van der Waals surface area contributed by atoms with Crippen LogP contribution >= 0.6 is 0 Å². The molecule has 1 aromatic heterocycles. The molecule has 2 spiro atoms. The van der Waals surface area contributed by atoms with Crippen molar-refractivity contribution >= 4 is 11.0 Å². The summed E-state index contributed by atoms with van der Waals surface area (Å²) in [4.78, 5) is 9.57. The van der Waals surface area contributed by atoms with Gasteiger partial charge in [0, 0.05) is 16.7 Å². The maximum absolute atomic E-state index is 6.85. The number of nitrogens with zero attached hydrogens (tertiary/aromatic N) is 2. The molecule has 12 rings (SSSR count). The third-order valence-corrected chi connectivity index (χ3v) is 12.3. The van der Waals surface area contributed by atoms with Crippen molar-refractivity contribution in [3.63, 3.8) is 0 Å². The highest BCUT2D eigenvalue weighted by Gasteiger charge is 2.58. The predicted molar refractivity (Wildman–Crippen MR) is 220 cm³/mol. The molecule has 0 saturated heterocycles. The van der Waals surface area contributed by atoms with E-state index >= 15 is 0 Å². The predicted octanol–water partition coefficient (Wildman–Crippen LogP) is 12.1. The summed E-state index contributed by atoms with van der Waals surface area (Å²) >= 11 is 0. The molecule has 2 aliphatic carbocycles. The van der Waals surface area contributed by atoms with E-state index in [0.29, 0.717) is 0 Å². The minimum Gasteiger partial charge on any atom is -0.457 e. The Labute approximate surface area is 319 Å². The van der Waals surface area contributed by atoms with Crippen molar-refractivity contribution in [2.75, 3.05) is 0 Å². The SMILES string of the molecule is c1ccc2c(c1)Oc1ccc(-c3ccc(-c4cnc5ccccc5n4)cc3)cc1C21c2ccccc2C2(c3ccccc3-c3ccccc32)c2ccccc21. The quantitative estimate of drug-likeness (QED) is 0.180. The second kappa shape index (κ2) is 11.2. The van der Waals surface area contributed by atoms with E-state index in [9.17, 15) is 0 Å². The van der Waals surface area contributed by atoms with Gasteiger partial charge < -0.3 is 4.74 Å². The standard InChI is InChI=1S/C52H32N2O/c1-3-15-38-36(13-1)37-14-2-4-16-39(37)51(38)40-17-5-7-19-42(40)52(43-20-8-6-18-41(43)51)44-21-9-12-24-49(44)55-50-30-29-35(31-45(50)52)33-25-27-34(28-26-33)48-32-53-46-22-10-11-23-47(46)54-48/h1-32H. The van der Waals surface area contributed by atoms with E-state index in [1.807, 2.05) is 30.5 Å². The summed E-state index contributed by atoms with van der Waals surface area (Å²) in [6, 6.07) is 68.4. The molecule has 9 aromatic rings. The molecule has 2 heterocycles. The van der Waals surface area contributed by atoms with Crippen molar-refractivity contribution < 1.29 is 4.74 Å². The number of aromatic nitrogens is 2.